The fourth-order valence-corrected chi connectivity index (χ4v) is 3.22. The minimum absolute atomic E-state index is 0.268. The molecule has 2 heterocycles. The zero-order valence-electron chi connectivity index (χ0n) is 10.9. The van der Waals surface area contributed by atoms with E-state index in [4.69, 9.17) is 9.26 Å². The third-order valence-corrected chi connectivity index (χ3v) is 4.08. The lowest BCUT2D eigenvalue weighted by molar-refractivity contribution is 0.114. The second kappa shape index (κ2) is 5.36. The molecule has 1 aromatic rings. The summed E-state index contributed by atoms with van der Waals surface area (Å²) in [5.74, 6) is 2.91. The molecule has 18 heavy (non-hydrogen) atoms. The number of hydrogen-bond acceptors (Lipinski definition) is 5. The van der Waals surface area contributed by atoms with Crippen LogP contribution in [-0.2, 0) is 11.3 Å². The van der Waals surface area contributed by atoms with Crippen LogP contribution in [0.2, 0.25) is 0 Å². The molecule has 0 amide bonds. The average molecular weight is 251 g/mol. The Hall–Kier alpha value is -0.940. The van der Waals surface area contributed by atoms with Crippen molar-refractivity contribution in [3.05, 3.63) is 11.7 Å². The maximum atomic E-state index is 5.43. The molecule has 2 aliphatic rings. The highest BCUT2D eigenvalue weighted by Crippen LogP contribution is 2.43. The van der Waals surface area contributed by atoms with Gasteiger partial charge in [0.2, 0.25) is 5.89 Å². The molecule has 3 unspecified atom stereocenters. The highest BCUT2D eigenvalue weighted by atomic mass is 16.5. The topological polar surface area (TPSA) is 60.2 Å². The van der Waals surface area contributed by atoms with Gasteiger partial charge in [-0.15, -0.1) is 0 Å². The van der Waals surface area contributed by atoms with Crippen molar-refractivity contribution in [2.24, 2.45) is 11.8 Å². The molecule has 1 aliphatic carbocycles. The van der Waals surface area contributed by atoms with E-state index in [1.54, 1.807) is 0 Å². The molecule has 1 aliphatic heterocycles. The molecule has 3 atom stereocenters. The van der Waals surface area contributed by atoms with Gasteiger partial charge in [-0.2, -0.15) is 4.98 Å². The van der Waals surface area contributed by atoms with Gasteiger partial charge in [0.25, 0.3) is 0 Å². The van der Waals surface area contributed by atoms with E-state index in [-0.39, 0.29) is 6.04 Å². The molecule has 1 aromatic heterocycles. The third kappa shape index (κ3) is 2.29. The SMILES string of the molecule is CCCOCc1noc(C2NCC3CCCC32)n1. The van der Waals surface area contributed by atoms with Crippen LogP contribution in [0.25, 0.3) is 0 Å². The Bertz CT molecular complexity index is 393. The predicted octanol–water partition coefficient (Wildman–Crippen LogP) is 2.06. The summed E-state index contributed by atoms with van der Waals surface area (Å²) in [4.78, 5) is 4.46. The Morgan fingerprint density at radius 3 is 3.28 bits per heavy atom. The first kappa shape index (κ1) is 12.1. The molecular weight excluding hydrogens is 230 g/mol. The lowest BCUT2D eigenvalue weighted by atomic mass is 9.94. The molecule has 0 bridgehead atoms. The second-order valence-corrected chi connectivity index (χ2v) is 5.34. The molecule has 1 saturated heterocycles. The van der Waals surface area contributed by atoms with Crippen molar-refractivity contribution >= 4 is 0 Å². The first-order chi connectivity index (χ1) is 8.88. The first-order valence-corrected chi connectivity index (χ1v) is 7.02. The van der Waals surface area contributed by atoms with Gasteiger partial charge in [0.15, 0.2) is 5.82 Å². The van der Waals surface area contributed by atoms with Crippen molar-refractivity contribution < 1.29 is 9.26 Å². The first-order valence-electron chi connectivity index (χ1n) is 7.02. The Kier molecular flexibility index (Phi) is 3.61. The lowest BCUT2D eigenvalue weighted by Gasteiger charge is -2.13. The molecule has 3 rings (SSSR count). The fourth-order valence-electron chi connectivity index (χ4n) is 3.22. The van der Waals surface area contributed by atoms with Crippen LogP contribution < -0.4 is 5.32 Å². The summed E-state index contributed by atoms with van der Waals surface area (Å²) in [6.07, 6.45) is 4.98. The van der Waals surface area contributed by atoms with Crippen molar-refractivity contribution in [3.8, 4) is 0 Å². The number of nitrogens with zero attached hydrogens (tertiary/aromatic N) is 2. The summed E-state index contributed by atoms with van der Waals surface area (Å²) in [5, 5.41) is 7.51. The number of nitrogens with one attached hydrogen (secondary N) is 1. The molecule has 0 spiro atoms. The van der Waals surface area contributed by atoms with E-state index in [9.17, 15) is 0 Å². The van der Waals surface area contributed by atoms with E-state index in [1.165, 1.54) is 19.3 Å². The van der Waals surface area contributed by atoms with E-state index in [2.05, 4.69) is 22.4 Å². The minimum atomic E-state index is 0.268. The minimum Gasteiger partial charge on any atom is -0.373 e. The summed E-state index contributed by atoms with van der Waals surface area (Å²) in [6, 6.07) is 0.268. The van der Waals surface area contributed by atoms with Crippen LogP contribution in [0.4, 0.5) is 0 Å². The summed E-state index contributed by atoms with van der Waals surface area (Å²) in [5.41, 5.74) is 0. The van der Waals surface area contributed by atoms with Crippen molar-refractivity contribution in [2.45, 2.75) is 45.3 Å². The van der Waals surface area contributed by atoms with E-state index in [1.807, 2.05) is 0 Å². The van der Waals surface area contributed by atoms with Crippen molar-refractivity contribution in [3.63, 3.8) is 0 Å². The molecule has 1 saturated carbocycles. The largest absolute Gasteiger partial charge is 0.373 e. The molecule has 0 radical (unpaired) electrons. The predicted molar refractivity (Wildman–Crippen MR) is 65.8 cm³/mol. The number of aromatic nitrogens is 2. The quantitative estimate of drug-likeness (QED) is 0.812. The van der Waals surface area contributed by atoms with Crippen molar-refractivity contribution in [1.29, 1.82) is 0 Å². The van der Waals surface area contributed by atoms with Gasteiger partial charge in [-0.1, -0.05) is 18.5 Å². The van der Waals surface area contributed by atoms with Gasteiger partial charge in [-0.3, -0.25) is 0 Å². The molecule has 1 N–H and O–H groups in total. The van der Waals surface area contributed by atoms with Gasteiger partial charge in [-0.05, 0) is 37.6 Å². The highest BCUT2D eigenvalue weighted by molar-refractivity contribution is 5.03. The Labute approximate surface area is 107 Å². The van der Waals surface area contributed by atoms with Gasteiger partial charge < -0.3 is 14.6 Å². The van der Waals surface area contributed by atoms with Crippen molar-refractivity contribution in [2.75, 3.05) is 13.2 Å². The van der Waals surface area contributed by atoms with E-state index < -0.39 is 0 Å². The molecule has 5 nitrogen and oxygen atoms in total. The number of rotatable bonds is 5. The maximum absolute atomic E-state index is 5.43. The number of hydrogen-bond donors (Lipinski definition) is 1. The maximum Gasteiger partial charge on any atom is 0.244 e. The number of ether oxygens (including phenoxy) is 1. The smallest absolute Gasteiger partial charge is 0.244 e. The Morgan fingerprint density at radius 2 is 2.39 bits per heavy atom. The van der Waals surface area contributed by atoms with Gasteiger partial charge in [-0.25, -0.2) is 0 Å². The summed E-state index contributed by atoms with van der Waals surface area (Å²) in [7, 11) is 0. The van der Waals surface area contributed by atoms with Gasteiger partial charge in [0, 0.05) is 6.61 Å². The van der Waals surface area contributed by atoms with Crippen molar-refractivity contribution in [1.82, 2.24) is 15.5 Å². The second-order valence-electron chi connectivity index (χ2n) is 5.34. The molecule has 2 fully saturated rings. The summed E-state index contributed by atoms with van der Waals surface area (Å²) < 4.78 is 10.8. The van der Waals surface area contributed by atoms with E-state index >= 15 is 0 Å². The van der Waals surface area contributed by atoms with E-state index in [0.717, 1.165) is 31.4 Å². The van der Waals surface area contributed by atoms with Crippen LogP contribution in [0.5, 0.6) is 0 Å². The highest BCUT2D eigenvalue weighted by Gasteiger charge is 2.42. The Balaban J connectivity index is 1.62. The van der Waals surface area contributed by atoms with Crippen LogP contribution in [0.1, 0.15) is 50.4 Å². The molecule has 0 aromatic carbocycles. The fraction of sp³-hybridized carbons (Fsp3) is 0.846. The van der Waals surface area contributed by atoms with Crippen LogP contribution in [0, 0.1) is 11.8 Å². The summed E-state index contributed by atoms with van der Waals surface area (Å²) in [6.45, 7) is 4.39. The Morgan fingerprint density at radius 1 is 1.44 bits per heavy atom. The molecular formula is C13H21N3O2. The monoisotopic (exact) mass is 251 g/mol. The van der Waals surface area contributed by atoms with Crippen LogP contribution in [0.3, 0.4) is 0 Å². The van der Waals surface area contributed by atoms with Gasteiger partial charge in [0.1, 0.15) is 6.61 Å². The summed E-state index contributed by atoms with van der Waals surface area (Å²) >= 11 is 0. The lowest BCUT2D eigenvalue weighted by Crippen LogP contribution is -2.18. The molecule has 5 heteroatoms. The number of fused-ring (bicyclic) bond motifs is 1. The van der Waals surface area contributed by atoms with Crippen LogP contribution >= 0.6 is 0 Å². The van der Waals surface area contributed by atoms with Gasteiger partial charge >= 0.3 is 0 Å². The van der Waals surface area contributed by atoms with Crippen LogP contribution in [-0.4, -0.2) is 23.3 Å². The normalized spacial score (nSPS) is 30.8. The van der Waals surface area contributed by atoms with Crippen LogP contribution in [0.15, 0.2) is 4.52 Å². The van der Waals surface area contributed by atoms with E-state index in [0.29, 0.717) is 18.3 Å². The zero-order valence-corrected chi connectivity index (χ0v) is 10.9. The standard InChI is InChI=1S/C13H21N3O2/c1-2-6-17-8-11-15-13(18-16-11)12-10-5-3-4-9(10)7-14-12/h9-10,12,14H,2-8H2,1H3. The zero-order chi connectivity index (χ0) is 12.4. The third-order valence-electron chi connectivity index (χ3n) is 4.08. The van der Waals surface area contributed by atoms with Gasteiger partial charge in [0.05, 0.1) is 6.04 Å². The molecule has 100 valence electrons. The average Bonchev–Trinajstić information content (AvgIpc) is 3.03.